The first kappa shape index (κ1) is 19.2. The van der Waals surface area contributed by atoms with Crippen molar-refractivity contribution in [2.24, 2.45) is 0 Å². The van der Waals surface area contributed by atoms with Crippen LogP contribution in [0, 0.1) is 0 Å². The van der Waals surface area contributed by atoms with Crippen LogP contribution in [0.4, 0.5) is 0 Å². The molecule has 1 fully saturated rings. The van der Waals surface area contributed by atoms with Gasteiger partial charge in [0.15, 0.2) is 0 Å². The van der Waals surface area contributed by atoms with E-state index in [1.807, 2.05) is 16.7 Å². The highest BCUT2D eigenvalue weighted by atomic mass is 16.5. The van der Waals surface area contributed by atoms with Crippen molar-refractivity contribution < 1.29 is 14.3 Å². The minimum Gasteiger partial charge on any atom is -0.497 e. The van der Waals surface area contributed by atoms with Crippen molar-refractivity contribution in [2.75, 3.05) is 27.3 Å². The molecule has 3 heterocycles. The number of aromatic amines is 1. The SMILES string of the molecule is COC(=O)c1cn(C2CCN(Cc3ccc(OC)cc3)CC2)cc2c(=O)[nH]nc1-2. The Labute approximate surface area is 168 Å². The Balaban J connectivity index is 1.48. The molecule has 0 radical (unpaired) electrons. The summed E-state index contributed by atoms with van der Waals surface area (Å²) >= 11 is 0. The van der Waals surface area contributed by atoms with Crippen molar-refractivity contribution in [1.82, 2.24) is 19.7 Å². The van der Waals surface area contributed by atoms with E-state index in [0.717, 1.165) is 38.2 Å². The molecule has 0 aromatic heterocycles. The summed E-state index contributed by atoms with van der Waals surface area (Å²) in [6, 6.07) is 8.35. The van der Waals surface area contributed by atoms with Crippen LogP contribution < -0.4 is 10.3 Å². The van der Waals surface area contributed by atoms with Crippen molar-refractivity contribution in [3.63, 3.8) is 0 Å². The highest BCUT2D eigenvalue weighted by Gasteiger charge is 2.26. The molecule has 0 unspecified atom stereocenters. The summed E-state index contributed by atoms with van der Waals surface area (Å²) in [6.07, 6.45) is 5.40. The average molecular weight is 396 g/mol. The van der Waals surface area contributed by atoms with Gasteiger partial charge in [0.2, 0.25) is 0 Å². The lowest BCUT2D eigenvalue weighted by Crippen LogP contribution is -2.34. The molecule has 0 saturated carbocycles. The number of carbonyl (C=O) groups excluding carboxylic acids is 1. The summed E-state index contributed by atoms with van der Waals surface area (Å²) < 4.78 is 12.1. The number of likely N-dealkylation sites (tertiary alicyclic amines) is 1. The fourth-order valence-electron chi connectivity index (χ4n) is 3.89. The summed E-state index contributed by atoms with van der Waals surface area (Å²) in [6.45, 7) is 2.76. The van der Waals surface area contributed by atoms with Gasteiger partial charge in [-0.2, -0.15) is 5.10 Å². The Bertz CT molecular complexity index is 1020. The van der Waals surface area contributed by atoms with Crippen molar-refractivity contribution in [2.45, 2.75) is 25.4 Å². The second kappa shape index (κ2) is 8.08. The third-order valence-corrected chi connectivity index (χ3v) is 5.53. The van der Waals surface area contributed by atoms with E-state index in [1.54, 1.807) is 19.5 Å². The minimum absolute atomic E-state index is 0.212. The highest BCUT2D eigenvalue weighted by Crippen LogP contribution is 2.28. The molecule has 4 rings (SSSR count). The first-order valence-electron chi connectivity index (χ1n) is 9.62. The van der Waals surface area contributed by atoms with Gasteiger partial charge < -0.3 is 14.0 Å². The number of rotatable bonds is 5. The standard InChI is InChI=1S/C21H24N4O4/c1-28-16-5-3-14(4-6-16)11-24-9-7-15(8-10-24)25-12-17-19(22-23-20(17)26)18(13-25)21(27)29-2/h3-6,12-13,15H,7-11H2,1-2H3,(H,23,26). The number of fused-ring (bicyclic) bond motifs is 1. The predicted octanol–water partition coefficient (Wildman–Crippen LogP) is 2.31. The summed E-state index contributed by atoms with van der Waals surface area (Å²) in [4.78, 5) is 26.7. The monoisotopic (exact) mass is 396 g/mol. The molecule has 0 aliphatic carbocycles. The van der Waals surface area contributed by atoms with E-state index < -0.39 is 5.97 Å². The minimum atomic E-state index is -0.493. The molecule has 0 atom stereocenters. The lowest BCUT2D eigenvalue weighted by atomic mass is 10.0. The number of benzene rings is 1. The zero-order chi connectivity index (χ0) is 20.4. The normalized spacial score (nSPS) is 15.5. The van der Waals surface area contributed by atoms with E-state index >= 15 is 0 Å². The second-order valence-electron chi connectivity index (χ2n) is 7.28. The largest absolute Gasteiger partial charge is 0.497 e. The van der Waals surface area contributed by atoms with Crippen LogP contribution in [-0.2, 0) is 11.3 Å². The summed E-state index contributed by atoms with van der Waals surface area (Å²) in [7, 11) is 2.99. The van der Waals surface area contributed by atoms with Gasteiger partial charge in [-0.15, -0.1) is 0 Å². The molecule has 0 bridgehead atoms. The van der Waals surface area contributed by atoms with Crippen LogP contribution >= 0.6 is 0 Å². The number of carbonyl (C=O) groups is 1. The Morgan fingerprint density at radius 2 is 1.90 bits per heavy atom. The number of hydrogen-bond donors (Lipinski definition) is 1. The van der Waals surface area contributed by atoms with Gasteiger partial charge in [-0.05, 0) is 30.5 Å². The molecular formula is C21H24N4O4. The Kier molecular flexibility index (Phi) is 5.35. The van der Waals surface area contributed by atoms with Gasteiger partial charge in [-0.25, -0.2) is 9.89 Å². The van der Waals surface area contributed by atoms with E-state index in [9.17, 15) is 9.59 Å². The number of piperidine rings is 1. The molecule has 1 N–H and O–H groups in total. The van der Waals surface area contributed by atoms with Gasteiger partial charge in [-0.1, -0.05) is 12.1 Å². The van der Waals surface area contributed by atoms with Crippen molar-refractivity contribution in [3.05, 3.63) is 58.1 Å². The number of aromatic nitrogens is 3. The number of ether oxygens (including phenoxy) is 2. The van der Waals surface area contributed by atoms with Crippen molar-refractivity contribution >= 4 is 5.97 Å². The number of methoxy groups -OCH3 is 2. The fourth-order valence-corrected chi connectivity index (χ4v) is 3.89. The molecule has 1 saturated heterocycles. The van der Waals surface area contributed by atoms with Crippen LogP contribution in [0.1, 0.15) is 34.8 Å². The molecular weight excluding hydrogens is 372 g/mol. The van der Waals surface area contributed by atoms with E-state index in [0.29, 0.717) is 16.8 Å². The Morgan fingerprint density at radius 3 is 2.55 bits per heavy atom. The molecule has 29 heavy (non-hydrogen) atoms. The molecule has 8 heteroatoms. The molecule has 3 aliphatic rings. The number of nitrogens with one attached hydrogen (secondary N) is 1. The molecule has 3 aliphatic heterocycles. The first-order chi connectivity index (χ1) is 14.1. The van der Waals surface area contributed by atoms with Crippen LogP contribution in [-0.4, -0.2) is 52.9 Å². The molecule has 152 valence electrons. The van der Waals surface area contributed by atoms with Gasteiger partial charge in [0.05, 0.1) is 19.8 Å². The molecule has 0 amide bonds. The van der Waals surface area contributed by atoms with Crippen molar-refractivity contribution in [3.8, 4) is 17.0 Å². The van der Waals surface area contributed by atoms with E-state index in [2.05, 4.69) is 27.2 Å². The van der Waals surface area contributed by atoms with Gasteiger partial charge in [0.1, 0.15) is 17.0 Å². The zero-order valence-electron chi connectivity index (χ0n) is 16.6. The Morgan fingerprint density at radius 1 is 1.17 bits per heavy atom. The Hall–Kier alpha value is -3.13. The topological polar surface area (TPSA) is 89.5 Å². The molecule has 8 nitrogen and oxygen atoms in total. The maximum absolute atomic E-state index is 12.2. The maximum Gasteiger partial charge on any atom is 0.341 e. The van der Waals surface area contributed by atoms with Gasteiger partial charge in [-0.3, -0.25) is 9.69 Å². The predicted molar refractivity (Wildman–Crippen MR) is 107 cm³/mol. The van der Waals surface area contributed by atoms with Crippen molar-refractivity contribution in [1.29, 1.82) is 0 Å². The van der Waals surface area contributed by atoms with Crippen LogP contribution in [0.3, 0.4) is 0 Å². The lowest BCUT2D eigenvalue weighted by Gasteiger charge is -2.33. The van der Waals surface area contributed by atoms with Crippen LogP contribution in [0.15, 0.2) is 41.5 Å². The first-order valence-corrected chi connectivity index (χ1v) is 9.62. The maximum atomic E-state index is 12.2. The average Bonchev–Trinajstić information content (AvgIpc) is 3.14. The number of hydrogen-bond acceptors (Lipinski definition) is 6. The molecule has 1 aromatic rings. The third-order valence-electron chi connectivity index (χ3n) is 5.53. The summed E-state index contributed by atoms with van der Waals surface area (Å²) in [5.41, 5.74) is 2.03. The van der Waals surface area contributed by atoms with Gasteiger partial charge in [0.25, 0.3) is 5.56 Å². The smallest absolute Gasteiger partial charge is 0.341 e. The van der Waals surface area contributed by atoms with E-state index in [1.165, 1.54) is 12.7 Å². The summed E-state index contributed by atoms with van der Waals surface area (Å²) in [5.74, 6) is 0.366. The number of H-pyrrole nitrogens is 1. The van der Waals surface area contributed by atoms with Crippen LogP contribution in [0.2, 0.25) is 0 Å². The zero-order valence-corrected chi connectivity index (χ0v) is 16.6. The van der Waals surface area contributed by atoms with Gasteiger partial charge in [0, 0.05) is 38.1 Å². The fraction of sp³-hybridized carbons (Fsp3) is 0.381. The van der Waals surface area contributed by atoms with E-state index in [4.69, 9.17) is 9.47 Å². The number of nitrogens with zero attached hydrogens (tertiary/aromatic N) is 3. The number of pyridine rings is 1. The van der Waals surface area contributed by atoms with Gasteiger partial charge >= 0.3 is 5.97 Å². The molecule has 1 aromatic carbocycles. The lowest BCUT2D eigenvalue weighted by molar-refractivity contribution is 0.0599. The van der Waals surface area contributed by atoms with Crippen LogP contribution in [0.5, 0.6) is 5.75 Å². The van der Waals surface area contributed by atoms with Crippen LogP contribution in [0.25, 0.3) is 11.3 Å². The summed E-state index contributed by atoms with van der Waals surface area (Å²) in [5, 5.41) is 6.40. The third kappa shape index (κ3) is 3.88. The number of esters is 1. The second-order valence-corrected chi connectivity index (χ2v) is 7.28. The van der Waals surface area contributed by atoms with E-state index in [-0.39, 0.29) is 11.6 Å². The molecule has 0 spiro atoms. The highest BCUT2D eigenvalue weighted by molar-refractivity contribution is 5.95. The quantitative estimate of drug-likeness (QED) is 0.666.